The number of rotatable bonds is 3. The molecule has 5 nitrogen and oxygen atoms in total. The molecule has 1 aliphatic heterocycles. The van der Waals surface area contributed by atoms with Gasteiger partial charge >= 0.3 is 5.97 Å². The molecule has 0 aromatic heterocycles. The Hall–Kier alpha value is -2.04. The first-order valence-corrected chi connectivity index (χ1v) is 6.65. The van der Waals surface area contributed by atoms with Gasteiger partial charge in [-0.15, -0.1) is 0 Å². The number of benzene rings is 1. The van der Waals surface area contributed by atoms with Crippen molar-refractivity contribution >= 4 is 17.6 Å². The van der Waals surface area contributed by atoms with E-state index in [-0.39, 0.29) is 18.2 Å². The van der Waals surface area contributed by atoms with Gasteiger partial charge in [0, 0.05) is 12.5 Å². The Balaban J connectivity index is 2.43. The molecule has 1 aliphatic rings. The van der Waals surface area contributed by atoms with E-state index < -0.39 is 17.9 Å². The van der Waals surface area contributed by atoms with Crippen LogP contribution in [0.2, 0.25) is 0 Å². The van der Waals surface area contributed by atoms with Crippen LogP contribution in [0.3, 0.4) is 0 Å². The molecule has 1 aromatic rings. The Morgan fingerprint density at radius 3 is 2.60 bits per heavy atom. The second-order valence-electron chi connectivity index (χ2n) is 5.22. The Morgan fingerprint density at radius 2 is 2.00 bits per heavy atom. The van der Waals surface area contributed by atoms with Crippen molar-refractivity contribution in [3.05, 3.63) is 24.3 Å². The smallest absolute Gasteiger partial charge is 0.308 e. The summed E-state index contributed by atoms with van der Waals surface area (Å²) in [5.41, 5.74) is 0.630. The first-order valence-electron chi connectivity index (χ1n) is 6.65. The number of methoxy groups -OCH3 is 1. The van der Waals surface area contributed by atoms with Crippen LogP contribution in [0.1, 0.15) is 20.3 Å². The molecule has 1 fully saturated rings. The van der Waals surface area contributed by atoms with Crippen molar-refractivity contribution in [2.75, 3.05) is 12.0 Å². The van der Waals surface area contributed by atoms with Gasteiger partial charge in [-0.1, -0.05) is 19.1 Å². The summed E-state index contributed by atoms with van der Waals surface area (Å²) in [6, 6.07) is 6.77. The zero-order chi connectivity index (χ0) is 14.9. The van der Waals surface area contributed by atoms with E-state index in [9.17, 15) is 14.7 Å². The molecule has 0 bridgehead atoms. The van der Waals surface area contributed by atoms with Crippen LogP contribution >= 0.6 is 0 Å². The Kier molecular flexibility index (Phi) is 3.97. The number of hydrogen-bond acceptors (Lipinski definition) is 3. The molecule has 20 heavy (non-hydrogen) atoms. The lowest BCUT2D eigenvalue weighted by Gasteiger charge is -2.41. The number of para-hydroxylation sites is 2. The molecule has 3 unspecified atom stereocenters. The number of amides is 1. The van der Waals surface area contributed by atoms with Crippen LogP contribution in [0.15, 0.2) is 24.3 Å². The van der Waals surface area contributed by atoms with E-state index in [1.807, 2.05) is 19.1 Å². The minimum absolute atomic E-state index is 0.0630. The average molecular weight is 277 g/mol. The number of carboxylic acids is 1. The van der Waals surface area contributed by atoms with Crippen molar-refractivity contribution in [3.63, 3.8) is 0 Å². The molecule has 0 aliphatic carbocycles. The molecule has 0 spiro atoms. The van der Waals surface area contributed by atoms with Crippen LogP contribution in [0.25, 0.3) is 0 Å². The quantitative estimate of drug-likeness (QED) is 0.919. The summed E-state index contributed by atoms with van der Waals surface area (Å²) in [7, 11) is 1.54. The summed E-state index contributed by atoms with van der Waals surface area (Å²) in [4.78, 5) is 25.3. The fourth-order valence-electron chi connectivity index (χ4n) is 3.00. The first-order chi connectivity index (χ1) is 9.47. The molecule has 1 N–H and O–H groups in total. The maximum atomic E-state index is 12.3. The van der Waals surface area contributed by atoms with Crippen LogP contribution in [-0.2, 0) is 9.59 Å². The zero-order valence-corrected chi connectivity index (χ0v) is 11.9. The molecular weight excluding hydrogens is 258 g/mol. The average Bonchev–Trinajstić information content (AvgIpc) is 2.38. The number of nitrogens with zero attached hydrogens (tertiary/aromatic N) is 1. The highest BCUT2D eigenvalue weighted by Gasteiger charge is 2.43. The molecule has 0 radical (unpaired) electrons. The number of carbonyl (C=O) groups excluding carboxylic acids is 1. The van der Waals surface area contributed by atoms with Crippen molar-refractivity contribution < 1.29 is 19.4 Å². The van der Waals surface area contributed by atoms with Gasteiger partial charge in [0.2, 0.25) is 5.91 Å². The second-order valence-corrected chi connectivity index (χ2v) is 5.22. The van der Waals surface area contributed by atoms with Gasteiger partial charge in [-0.25, -0.2) is 0 Å². The predicted molar refractivity (Wildman–Crippen MR) is 74.8 cm³/mol. The van der Waals surface area contributed by atoms with Crippen LogP contribution in [-0.4, -0.2) is 30.1 Å². The van der Waals surface area contributed by atoms with Gasteiger partial charge in [0.15, 0.2) is 0 Å². The molecule has 108 valence electrons. The summed E-state index contributed by atoms with van der Waals surface area (Å²) in [5.74, 6) is -1.09. The topological polar surface area (TPSA) is 66.8 Å². The number of aliphatic carboxylic acids is 1. The van der Waals surface area contributed by atoms with Crippen LogP contribution in [0.5, 0.6) is 5.75 Å². The largest absolute Gasteiger partial charge is 0.495 e. The molecule has 5 heteroatoms. The van der Waals surface area contributed by atoms with E-state index in [2.05, 4.69) is 0 Å². The highest BCUT2D eigenvalue weighted by atomic mass is 16.5. The van der Waals surface area contributed by atoms with E-state index >= 15 is 0 Å². The molecule has 2 rings (SSSR count). The number of ether oxygens (including phenoxy) is 1. The second kappa shape index (κ2) is 5.53. The standard InChI is InChI=1S/C15H19NO4/c1-9-8-13(17)16(10(2)14(9)15(18)19)11-6-4-5-7-12(11)20-3/h4-7,9-10,14H,8H2,1-3H3,(H,18,19). The Labute approximate surface area is 118 Å². The SMILES string of the molecule is COc1ccccc1N1C(=O)CC(C)C(C(=O)O)C1C. The summed E-state index contributed by atoms with van der Waals surface area (Å²) in [5, 5.41) is 9.39. The fraction of sp³-hybridized carbons (Fsp3) is 0.467. The molecule has 3 atom stereocenters. The Morgan fingerprint density at radius 1 is 1.35 bits per heavy atom. The van der Waals surface area contributed by atoms with Gasteiger partial charge in [0.05, 0.1) is 18.7 Å². The van der Waals surface area contributed by atoms with Crippen molar-refractivity contribution in [2.45, 2.75) is 26.3 Å². The summed E-state index contributed by atoms with van der Waals surface area (Å²) >= 11 is 0. The van der Waals surface area contributed by atoms with Gasteiger partial charge in [0.1, 0.15) is 5.75 Å². The van der Waals surface area contributed by atoms with Gasteiger partial charge in [-0.2, -0.15) is 0 Å². The van der Waals surface area contributed by atoms with Crippen molar-refractivity contribution in [3.8, 4) is 5.75 Å². The lowest BCUT2D eigenvalue weighted by molar-refractivity contribution is -0.146. The molecule has 0 saturated carbocycles. The lowest BCUT2D eigenvalue weighted by Crippen LogP contribution is -2.53. The monoisotopic (exact) mass is 277 g/mol. The zero-order valence-electron chi connectivity index (χ0n) is 11.9. The minimum atomic E-state index is -0.864. The molecule has 1 amide bonds. The van der Waals surface area contributed by atoms with Gasteiger partial charge in [0.25, 0.3) is 0 Å². The number of anilines is 1. The maximum Gasteiger partial charge on any atom is 0.308 e. The number of piperidine rings is 1. The van der Waals surface area contributed by atoms with Crippen molar-refractivity contribution in [2.24, 2.45) is 11.8 Å². The highest BCUT2D eigenvalue weighted by molar-refractivity contribution is 5.98. The van der Waals surface area contributed by atoms with Crippen LogP contribution in [0, 0.1) is 11.8 Å². The molecule has 1 heterocycles. The molecule has 1 aromatic carbocycles. The molecular formula is C15H19NO4. The third kappa shape index (κ3) is 2.35. The van der Waals surface area contributed by atoms with E-state index in [1.165, 1.54) is 7.11 Å². The maximum absolute atomic E-state index is 12.3. The molecule has 1 saturated heterocycles. The Bertz CT molecular complexity index is 528. The van der Waals surface area contributed by atoms with E-state index in [0.29, 0.717) is 11.4 Å². The number of carboxylic acid groups (broad SMARTS) is 1. The predicted octanol–water partition coefficient (Wildman–Crippen LogP) is 2.16. The van der Waals surface area contributed by atoms with Gasteiger partial charge in [-0.05, 0) is 25.0 Å². The third-order valence-electron chi connectivity index (χ3n) is 3.94. The number of carbonyl (C=O) groups is 2. The summed E-state index contributed by atoms with van der Waals surface area (Å²) in [6.07, 6.45) is 0.235. The van der Waals surface area contributed by atoms with E-state index in [1.54, 1.807) is 24.0 Å². The normalized spacial score (nSPS) is 26.4. The summed E-state index contributed by atoms with van der Waals surface area (Å²) in [6.45, 7) is 3.59. The van der Waals surface area contributed by atoms with Crippen LogP contribution in [0.4, 0.5) is 5.69 Å². The lowest BCUT2D eigenvalue weighted by atomic mass is 9.80. The minimum Gasteiger partial charge on any atom is -0.495 e. The van der Waals surface area contributed by atoms with Crippen LogP contribution < -0.4 is 9.64 Å². The van der Waals surface area contributed by atoms with E-state index in [0.717, 1.165) is 0 Å². The van der Waals surface area contributed by atoms with Crippen molar-refractivity contribution in [1.29, 1.82) is 0 Å². The third-order valence-corrected chi connectivity index (χ3v) is 3.94. The summed E-state index contributed by atoms with van der Waals surface area (Å²) < 4.78 is 5.28. The van der Waals surface area contributed by atoms with Crippen molar-refractivity contribution in [1.82, 2.24) is 0 Å². The van der Waals surface area contributed by atoms with Gasteiger partial charge < -0.3 is 14.7 Å². The number of hydrogen-bond donors (Lipinski definition) is 1. The first kappa shape index (κ1) is 14.4. The fourth-order valence-corrected chi connectivity index (χ4v) is 3.00. The highest BCUT2D eigenvalue weighted by Crippen LogP contribution is 2.37. The van der Waals surface area contributed by atoms with E-state index in [4.69, 9.17) is 4.74 Å². The van der Waals surface area contributed by atoms with Gasteiger partial charge in [-0.3, -0.25) is 9.59 Å².